The molecule has 2 aromatic rings. The van der Waals surface area contributed by atoms with Crippen LogP contribution in [0.25, 0.3) is 11.3 Å². The standard InChI is InChI=1S/C17H16F2N4O3/c18-16(19)26-14-3-1-10(8-20-14)11-2-4-15(25)23(22-11)9-13(24)21-12-7-17(12)5-6-17/h1-4,8,12,16H,5-7,9H2,(H,21,24)/t12-/m0/s1. The van der Waals surface area contributed by atoms with Crippen LogP contribution < -0.4 is 15.6 Å². The summed E-state index contributed by atoms with van der Waals surface area (Å²) in [5, 5.41) is 7.10. The van der Waals surface area contributed by atoms with Crippen LogP contribution in [0.3, 0.4) is 0 Å². The summed E-state index contributed by atoms with van der Waals surface area (Å²) in [5.74, 6) is -0.459. The molecule has 0 saturated heterocycles. The van der Waals surface area contributed by atoms with E-state index in [2.05, 4.69) is 20.1 Å². The zero-order chi connectivity index (χ0) is 18.3. The van der Waals surface area contributed by atoms with Crippen molar-refractivity contribution in [3.8, 4) is 17.1 Å². The van der Waals surface area contributed by atoms with Crippen LogP contribution in [0.2, 0.25) is 0 Å². The van der Waals surface area contributed by atoms with E-state index in [0.29, 0.717) is 16.7 Å². The smallest absolute Gasteiger partial charge is 0.388 e. The van der Waals surface area contributed by atoms with E-state index in [0.717, 1.165) is 23.9 Å². The van der Waals surface area contributed by atoms with Gasteiger partial charge in [-0.2, -0.15) is 13.9 Å². The largest absolute Gasteiger partial charge is 0.417 e. The lowest BCUT2D eigenvalue weighted by Gasteiger charge is -2.08. The van der Waals surface area contributed by atoms with Gasteiger partial charge in [0.25, 0.3) is 5.56 Å². The number of alkyl halides is 2. The van der Waals surface area contributed by atoms with Crippen molar-refractivity contribution in [2.45, 2.75) is 38.5 Å². The molecule has 2 heterocycles. The molecule has 2 fully saturated rings. The maximum atomic E-state index is 12.2. The monoisotopic (exact) mass is 362 g/mol. The molecule has 0 aromatic carbocycles. The third-order valence-electron chi connectivity index (χ3n) is 4.82. The van der Waals surface area contributed by atoms with E-state index in [4.69, 9.17) is 0 Å². The average Bonchev–Trinajstić information content (AvgIpc) is 3.50. The highest BCUT2D eigenvalue weighted by atomic mass is 19.3. The van der Waals surface area contributed by atoms with Crippen molar-refractivity contribution in [2.75, 3.05) is 0 Å². The molecular weight excluding hydrogens is 346 g/mol. The van der Waals surface area contributed by atoms with E-state index in [-0.39, 0.29) is 24.4 Å². The van der Waals surface area contributed by atoms with Crippen molar-refractivity contribution >= 4 is 5.91 Å². The summed E-state index contributed by atoms with van der Waals surface area (Å²) in [4.78, 5) is 27.8. The summed E-state index contributed by atoms with van der Waals surface area (Å²) in [6.07, 6.45) is 4.64. The fraction of sp³-hybridized carbons (Fsp3) is 0.412. The van der Waals surface area contributed by atoms with Gasteiger partial charge in [-0.1, -0.05) is 0 Å². The summed E-state index contributed by atoms with van der Waals surface area (Å²) >= 11 is 0. The van der Waals surface area contributed by atoms with Gasteiger partial charge in [0.2, 0.25) is 11.8 Å². The number of pyridine rings is 1. The third kappa shape index (κ3) is 3.42. The fourth-order valence-corrected chi connectivity index (χ4v) is 3.05. The SMILES string of the molecule is O=C(Cn1nc(-c2ccc(OC(F)F)nc2)ccc1=O)N[C@H]1CC12CC2. The number of rotatable bonds is 6. The molecule has 0 bridgehead atoms. The molecule has 1 amide bonds. The van der Waals surface area contributed by atoms with E-state index in [1.165, 1.54) is 30.5 Å². The number of halogens is 2. The van der Waals surface area contributed by atoms with Gasteiger partial charge < -0.3 is 10.1 Å². The minimum Gasteiger partial charge on any atom is -0.417 e. The Labute approximate surface area is 147 Å². The Balaban J connectivity index is 1.46. The van der Waals surface area contributed by atoms with Gasteiger partial charge in [-0.25, -0.2) is 9.67 Å². The average molecular weight is 362 g/mol. The first-order valence-corrected chi connectivity index (χ1v) is 8.24. The second-order valence-corrected chi connectivity index (χ2v) is 6.66. The minimum absolute atomic E-state index is 0.167. The van der Waals surface area contributed by atoms with Crippen molar-refractivity contribution in [3.63, 3.8) is 0 Å². The molecule has 2 aliphatic rings. The highest BCUT2D eigenvalue weighted by Gasteiger charge is 2.63. The molecule has 0 unspecified atom stereocenters. The lowest BCUT2D eigenvalue weighted by molar-refractivity contribution is -0.122. The van der Waals surface area contributed by atoms with Crippen molar-refractivity contribution in [3.05, 3.63) is 40.8 Å². The van der Waals surface area contributed by atoms with Crippen LogP contribution in [0.1, 0.15) is 19.3 Å². The zero-order valence-corrected chi connectivity index (χ0v) is 13.7. The van der Waals surface area contributed by atoms with E-state index in [1.807, 2.05) is 0 Å². The maximum absolute atomic E-state index is 12.2. The van der Waals surface area contributed by atoms with Crippen molar-refractivity contribution < 1.29 is 18.3 Å². The highest BCUT2D eigenvalue weighted by Crippen LogP contribution is 2.65. The normalized spacial score (nSPS) is 19.4. The molecule has 26 heavy (non-hydrogen) atoms. The molecule has 0 radical (unpaired) electrons. The van der Waals surface area contributed by atoms with Gasteiger partial charge in [-0.3, -0.25) is 9.59 Å². The number of carbonyl (C=O) groups is 1. The Bertz CT molecular complexity index is 894. The van der Waals surface area contributed by atoms with E-state index < -0.39 is 12.2 Å². The van der Waals surface area contributed by atoms with E-state index in [9.17, 15) is 18.4 Å². The van der Waals surface area contributed by atoms with Gasteiger partial charge in [0.05, 0.1) is 5.69 Å². The summed E-state index contributed by atoms with van der Waals surface area (Å²) < 4.78 is 29.6. The first-order valence-electron chi connectivity index (χ1n) is 8.24. The zero-order valence-electron chi connectivity index (χ0n) is 13.7. The third-order valence-corrected chi connectivity index (χ3v) is 4.82. The first-order chi connectivity index (χ1) is 12.4. The molecule has 1 N–H and O–H groups in total. The van der Waals surface area contributed by atoms with E-state index >= 15 is 0 Å². The fourth-order valence-electron chi connectivity index (χ4n) is 3.05. The molecule has 4 rings (SSSR count). The predicted molar refractivity (Wildman–Crippen MR) is 86.6 cm³/mol. The number of aromatic nitrogens is 3. The predicted octanol–water partition coefficient (Wildman–Crippen LogP) is 1.58. The number of amides is 1. The molecule has 2 saturated carbocycles. The van der Waals surface area contributed by atoms with Gasteiger partial charge in [0, 0.05) is 29.9 Å². The Morgan fingerprint density at radius 2 is 2.15 bits per heavy atom. The van der Waals surface area contributed by atoms with Crippen LogP contribution in [0.4, 0.5) is 8.78 Å². The van der Waals surface area contributed by atoms with Crippen LogP contribution in [-0.4, -0.2) is 33.3 Å². The lowest BCUT2D eigenvalue weighted by Crippen LogP contribution is -2.35. The van der Waals surface area contributed by atoms with E-state index in [1.54, 1.807) is 0 Å². The first kappa shape index (κ1) is 16.6. The Morgan fingerprint density at radius 1 is 1.35 bits per heavy atom. The molecule has 9 heteroatoms. The van der Waals surface area contributed by atoms with Crippen LogP contribution in [0.5, 0.6) is 5.88 Å². The van der Waals surface area contributed by atoms with Crippen LogP contribution >= 0.6 is 0 Å². The van der Waals surface area contributed by atoms with Crippen LogP contribution in [0, 0.1) is 5.41 Å². The van der Waals surface area contributed by atoms with Gasteiger partial charge in [-0.15, -0.1) is 0 Å². The maximum Gasteiger partial charge on any atom is 0.388 e. The Kier molecular flexibility index (Phi) is 3.93. The molecule has 2 aliphatic carbocycles. The number of carbonyl (C=O) groups excluding carboxylic acids is 1. The van der Waals surface area contributed by atoms with Gasteiger partial charge in [-0.05, 0) is 36.8 Å². The Morgan fingerprint density at radius 3 is 2.77 bits per heavy atom. The number of nitrogens with zero attached hydrogens (tertiary/aromatic N) is 3. The molecule has 1 spiro atoms. The minimum atomic E-state index is -2.95. The molecular formula is C17H16F2N4O3. The van der Waals surface area contributed by atoms with Crippen LogP contribution in [-0.2, 0) is 11.3 Å². The topological polar surface area (TPSA) is 86.1 Å². The van der Waals surface area contributed by atoms with Crippen molar-refractivity contribution in [2.24, 2.45) is 5.41 Å². The summed E-state index contributed by atoms with van der Waals surface area (Å²) in [6.45, 7) is -3.12. The summed E-state index contributed by atoms with van der Waals surface area (Å²) in [5.41, 5.74) is 0.855. The lowest BCUT2D eigenvalue weighted by atomic mass is 10.2. The van der Waals surface area contributed by atoms with Crippen molar-refractivity contribution in [1.29, 1.82) is 0 Å². The number of hydrogen-bond donors (Lipinski definition) is 1. The Hall–Kier alpha value is -2.84. The van der Waals surface area contributed by atoms with Gasteiger partial charge >= 0.3 is 6.61 Å². The van der Waals surface area contributed by atoms with Crippen molar-refractivity contribution in [1.82, 2.24) is 20.1 Å². The molecule has 2 aromatic heterocycles. The highest BCUT2D eigenvalue weighted by molar-refractivity contribution is 5.76. The molecule has 7 nitrogen and oxygen atoms in total. The second-order valence-electron chi connectivity index (χ2n) is 6.66. The summed E-state index contributed by atoms with van der Waals surface area (Å²) in [7, 11) is 0. The molecule has 0 aliphatic heterocycles. The summed E-state index contributed by atoms with van der Waals surface area (Å²) in [6, 6.07) is 5.80. The second kappa shape index (κ2) is 6.15. The molecule has 1 atom stereocenters. The number of nitrogens with one attached hydrogen (secondary N) is 1. The number of ether oxygens (including phenoxy) is 1. The number of hydrogen-bond acceptors (Lipinski definition) is 5. The van der Waals surface area contributed by atoms with Crippen LogP contribution in [0.15, 0.2) is 35.3 Å². The van der Waals surface area contributed by atoms with Gasteiger partial charge in [0.15, 0.2) is 0 Å². The quantitative estimate of drug-likeness (QED) is 0.843. The molecule has 136 valence electrons. The van der Waals surface area contributed by atoms with Gasteiger partial charge in [0.1, 0.15) is 6.54 Å².